The average Bonchev–Trinajstić information content (AvgIpc) is 3.20. The number of aromatic nitrogens is 1. The molecule has 0 amide bonds. The van der Waals surface area contributed by atoms with Crippen LogP contribution in [0.4, 0.5) is 5.13 Å². The molecule has 1 saturated carbocycles. The van der Waals surface area contributed by atoms with Crippen molar-refractivity contribution in [2.45, 2.75) is 25.8 Å². The van der Waals surface area contributed by atoms with E-state index in [1.54, 1.807) is 11.3 Å². The molecule has 5 nitrogen and oxygen atoms in total. The predicted molar refractivity (Wildman–Crippen MR) is 106 cm³/mol. The summed E-state index contributed by atoms with van der Waals surface area (Å²) in [5.74, 6) is 0.922. The van der Waals surface area contributed by atoms with Crippen molar-refractivity contribution in [1.29, 1.82) is 0 Å². The standard InChI is InChI=1S/C15H21N5S.HI/c1-2-16-14(19-11-7-8-11)17-9-10-18-15-20-12-5-3-4-6-13(12)21-15;/h3-6,11H,2,7-10H2,1H3,(H,18,20)(H2,16,17,19);1H. The summed E-state index contributed by atoms with van der Waals surface area (Å²) in [6, 6.07) is 8.82. The summed E-state index contributed by atoms with van der Waals surface area (Å²) in [6.45, 7) is 4.51. The van der Waals surface area contributed by atoms with Crippen LogP contribution in [0.2, 0.25) is 0 Å². The van der Waals surface area contributed by atoms with Crippen LogP contribution in [0.3, 0.4) is 0 Å². The van der Waals surface area contributed by atoms with E-state index < -0.39 is 0 Å². The summed E-state index contributed by atoms with van der Waals surface area (Å²) < 4.78 is 1.22. The zero-order chi connectivity index (χ0) is 14.5. The van der Waals surface area contributed by atoms with E-state index >= 15 is 0 Å². The third-order valence-corrected chi connectivity index (χ3v) is 4.21. The number of aliphatic imine (C=N–C) groups is 1. The lowest BCUT2D eigenvalue weighted by Gasteiger charge is -2.10. The van der Waals surface area contributed by atoms with Crippen LogP contribution in [0.1, 0.15) is 19.8 Å². The van der Waals surface area contributed by atoms with E-state index in [1.165, 1.54) is 17.5 Å². The first-order chi connectivity index (χ1) is 10.3. The quantitative estimate of drug-likeness (QED) is 0.285. The van der Waals surface area contributed by atoms with E-state index in [1.807, 2.05) is 18.2 Å². The van der Waals surface area contributed by atoms with E-state index in [4.69, 9.17) is 0 Å². The maximum atomic E-state index is 4.57. The molecule has 22 heavy (non-hydrogen) atoms. The van der Waals surface area contributed by atoms with Crippen molar-refractivity contribution < 1.29 is 0 Å². The summed E-state index contributed by atoms with van der Waals surface area (Å²) in [5, 5.41) is 11.0. The molecule has 3 N–H and O–H groups in total. The van der Waals surface area contributed by atoms with Crippen LogP contribution in [0.25, 0.3) is 10.2 Å². The number of hydrogen-bond acceptors (Lipinski definition) is 4. The molecule has 0 unspecified atom stereocenters. The van der Waals surface area contributed by atoms with Crippen LogP contribution >= 0.6 is 35.3 Å². The number of halogens is 1. The van der Waals surface area contributed by atoms with E-state index in [0.717, 1.165) is 36.2 Å². The van der Waals surface area contributed by atoms with E-state index in [2.05, 4.69) is 38.9 Å². The van der Waals surface area contributed by atoms with Crippen LogP contribution in [-0.4, -0.2) is 36.6 Å². The Hall–Kier alpha value is -1.09. The average molecular weight is 431 g/mol. The summed E-state index contributed by atoms with van der Waals surface area (Å²) in [7, 11) is 0. The normalized spacial score (nSPS) is 14.5. The minimum Gasteiger partial charge on any atom is -0.360 e. The summed E-state index contributed by atoms with van der Waals surface area (Å²) in [6.07, 6.45) is 2.52. The zero-order valence-electron chi connectivity index (χ0n) is 12.6. The maximum Gasteiger partial charge on any atom is 0.191 e. The van der Waals surface area contributed by atoms with Crippen molar-refractivity contribution in [2.75, 3.05) is 25.0 Å². The van der Waals surface area contributed by atoms with Crippen LogP contribution in [0.5, 0.6) is 0 Å². The van der Waals surface area contributed by atoms with E-state index in [0.29, 0.717) is 6.04 Å². The number of rotatable bonds is 6. The summed E-state index contributed by atoms with van der Waals surface area (Å²) >= 11 is 1.69. The Morgan fingerprint density at radius 1 is 1.36 bits per heavy atom. The number of guanidine groups is 1. The summed E-state index contributed by atoms with van der Waals surface area (Å²) in [5.41, 5.74) is 1.05. The second-order valence-corrected chi connectivity index (χ2v) is 6.12. The van der Waals surface area contributed by atoms with Crippen molar-refractivity contribution in [3.05, 3.63) is 24.3 Å². The highest BCUT2D eigenvalue weighted by molar-refractivity contribution is 14.0. The lowest BCUT2D eigenvalue weighted by molar-refractivity contribution is 0.813. The van der Waals surface area contributed by atoms with Gasteiger partial charge in [-0.1, -0.05) is 23.5 Å². The molecule has 0 aliphatic heterocycles. The fraction of sp³-hybridized carbons (Fsp3) is 0.467. The lowest BCUT2D eigenvalue weighted by Crippen LogP contribution is -2.38. The van der Waals surface area contributed by atoms with Gasteiger partial charge in [-0.25, -0.2) is 4.98 Å². The van der Waals surface area contributed by atoms with Gasteiger partial charge in [-0.2, -0.15) is 0 Å². The number of nitrogens with zero attached hydrogens (tertiary/aromatic N) is 2. The molecule has 0 bridgehead atoms. The van der Waals surface area contributed by atoms with Crippen LogP contribution in [0.15, 0.2) is 29.3 Å². The Morgan fingerprint density at radius 2 is 2.18 bits per heavy atom. The lowest BCUT2D eigenvalue weighted by atomic mass is 10.3. The largest absolute Gasteiger partial charge is 0.360 e. The first kappa shape index (κ1) is 17.3. The van der Waals surface area contributed by atoms with Gasteiger partial charge in [0.2, 0.25) is 0 Å². The van der Waals surface area contributed by atoms with Gasteiger partial charge in [0.25, 0.3) is 0 Å². The summed E-state index contributed by atoms with van der Waals surface area (Å²) in [4.78, 5) is 9.12. The molecule has 7 heteroatoms. The fourth-order valence-electron chi connectivity index (χ4n) is 2.02. The van der Waals surface area contributed by atoms with Gasteiger partial charge in [0.05, 0.1) is 16.8 Å². The molecule has 0 atom stereocenters. The molecule has 1 heterocycles. The van der Waals surface area contributed by atoms with Gasteiger partial charge in [-0.05, 0) is 31.9 Å². The number of para-hydroxylation sites is 1. The fourth-order valence-corrected chi connectivity index (χ4v) is 2.91. The minimum absolute atomic E-state index is 0. The molecule has 0 radical (unpaired) electrons. The third-order valence-electron chi connectivity index (χ3n) is 3.21. The van der Waals surface area contributed by atoms with Crippen molar-refractivity contribution in [1.82, 2.24) is 15.6 Å². The van der Waals surface area contributed by atoms with Crippen molar-refractivity contribution >= 4 is 56.6 Å². The number of fused-ring (bicyclic) bond motifs is 1. The smallest absolute Gasteiger partial charge is 0.191 e. The highest BCUT2D eigenvalue weighted by Crippen LogP contribution is 2.24. The van der Waals surface area contributed by atoms with Gasteiger partial charge in [0, 0.05) is 19.1 Å². The molecule has 1 aromatic heterocycles. The third kappa shape index (κ3) is 4.98. The molecule has 2 aromatic rings. The predicted octanol–water partition coefficient (Wildman–Crippen LogP) is 3.04. The van der Waals surface area contributed by atoms with Crippen LogP contribution in [-0.2, 0) is 0 Å². The number of nitrogens with one attached hydrogen (secondary N) is 3. The molecule has 1 aliphatic rings. The highest BCUT2D eigenvalue weighted by Gasteiger charge is 2.21. The van der Waals surface area contributed by atoms with E-state index in [9.17, 15) is 0 Å². The molecule has 1 aromatic carbocycles. The zero-order valence-corrected chi connectivity index (χ0v) is 15.8. The van der Waals surface area contributed by atoms with Crippen molar-refractivity contribution in [3.8, 4) is 0 Å². The second-order valence-electron chi connectivity index (χ2n) is 5.09. The molecular weight excluding hydrogens is 409 g/mol. The van der Waals surface area contributed by atoms with Gasteiger partial charge in [-0.3, -0.25) is 4.99 Å². The Bertz CT molecular complexity index is 590. The molecular formula is C15H22IN5S. The number of hydrogen-bond donors (Lipinski definition) is 3. The number of thiazole rings is 1. The van der Waals surface area contributed by atoms with Gasteiger partial charge in [0.1, 0.15) is 0 Å². The van der Waals surface area contributed by atoms with Crippen LogP contribution in [0, 0.1) is 0 Å². The Morgan fingerprint density at radius 3 is 2.91 bits per heavy atom. The van der Waals surface area contributed by atoms with Gasteiger partial charge in [-0.15, -0.1) is 24.0 Å². The Balaban J connectivity index is 0.00000176. The van der Waals surface area contributed by atoms with Crippen LogP contribution < -0.4 is 16.0 Å². The molecule has 1 fully saturated rings. The molecule has 0 spiro atoms. The Labute approximate surface area is 152 Å². The van der Waals surface area contributed by atoms with E-state index in [-0.39, 0.29) is 24.0 Å². The molecule has 1 aliphatic carbocycles. The first-order valence-corrected chi connectivity index (χ1v) is 8.31. The SMILES string of the molecule is CCNC(=NCCNc1nc2ccccc2s1)NC1CC1.I. The van der Waals surface area contributed by atoms with Crippen molar-refractivity contribution in [3.63, 3.8) is 0 Å². The molecule has 0 saturated heterocycles. The molecule has 3 rings (SSSR count). The number of anilines is 1. The van der Waals surface area contributed by atoms with Gasteiger partial charge < -0.3 is 16.0 Å². The molecule has 120 valence electrons. The first-order valence-electron chi connectivity index (χ1n) is 7.49. The Kier molecular flexibility index (Phi) is 6.69. The maximum absolute atomic E-state index is 4.57. The minimum atomic E-state index is 0. The topological polar surface area (TPSA) is 61.3 Å². The van der Waals surface area contributed by atoms with Crippen molar-refractivity contribution in [2.24, 2.45) is 4.99 Å². The van der Waals surface area contributed by atoms with Gasteiger partial charge in [0.15, 0.2) is 11.1 Å². The highest BCUT2D eigenvalue weighted by atomic mass is 127. The monoisotopic (exact) mass is 431 g/mol. The number of benzene rings is 1. The second kappa shape index (κ2) is 8.52. The van der Waals surface area contributed by atoms with Gasteiger partial charge >= 0.3 is 0 Å².